The Kier molecular flexibility index (Phi) is 5.81. The van der Waals surface area contributed by atoms with E-state index in [1.807, 2.05) is 48.9 Å². The Bertz CT molecular complexity index is 952. The number of nitrogens with zero attached hydrogens (tertiary/aromatic N) is 2. The molecule has 27 heavy (non-hydrogen) atoms. The normalized spacial score (nSPS) is 10.7. The second-order valence-electron chi connectivity index (χ2n) is 6.31. The largest absolute Gasteiger partial charge is 0.496 e. The summed E-state index contributed by atoms with van der Waals surface area (Å²) in [5, 5.41) is 8.16. The van der Waals surface area contributed by atoms with Crippen molar-refractivity contribution in [3.63, 3.8) is 0 Å². The molecule has 0 saturated carbocycles. The summed E-state index contributed by atoms with van der Waals surface area (Å²) in [5.74, 6) is 0.556. The molecule has 1 amide bonds. The number of ether oxygens (including phenoxy) is 1. The number of aryl methyl sites for hydroxylation is 1. The highest BCUT2D eigenvalue weighted by Crippen LogP contribution is 2.23. The Hall–Kier alpha value is -2.79. The number of methoxy groups -OCH3 is 1. The molecule has 140 valence electrons. The van der Waals surface area contributed by atoms with Crippen LogP contribution in [-0.4, -0.2) is 22.8 Å². The lowest BCUT2D eigenvalue weighted by Gasteiger charge is -2.10. The fraction of sp³-hybridized carbons (Fsp3) is 0.238. The fourth-order valence-corrected chi connectivity index (χ4v) is 3.25. The molecule has 0 aliphatic heterocycles. The minimum absolute atomic E-state index is 0.0955. The first kappa shape index (κ1) is 19.0. The molecule has 0 aliphatic rings. The van der Waals surface area contributed by atoms with E-state index < -0.39 is 0 Å². The van der Waals surface area contributed by atoms with Crippen molar-refractivity contribution in [1.82, 2.24) is 15.1 Å². The van der Waals surface area contributed by atoms with Gasteiger partial charge in [0.1, 0.15) is 5.75 Å². The fourth-order valence-electron chi connectivity index (χ4n) is 3.06. The molecule has 0 unspecified atom stereocenters. The molecule has 0 spiro atoms. The Morgan fingerprint density at radius 2 is 1.93 bits per heavy atom. The summed E-state index contributed by atoms with van der Waals surface area (Å²) < 4.78 is 7.20. The van der Waals surface area contributed by atoms with E-state index in [0.29, 0.717) is 17.3 Å². The first-order chi connectivity index (χ1) is 13.0. The lowest BCUT2D eigenvalue weighted by molar-refractivity contribution is -0.120. The van der Waals surface area contributed by atoms with Gasteiger partial charge in [-0.05, 0) is 44.2 Å². The molecule has 0 atom stereocenters. The number of hydrogen-bond donors (Lipinski definition) is 1. The molecule has 3 aromatic rings. The van der Waals surface area contributed by atoms with Gasteiger partial charge >= 0.3 is 0 Å². The van der Waals surface area contributed by atoms with Crippen LogP contribution in [0.2, 0.25) is 5.02 Å². The third-order valence-corrected chi connectivity index (χ3v) is 4.73. The van der Waals surface area contributed by atoms with E-state index in [-0.39, 0.29) is 12.3 Å². The van der Waals surface area contributed by atoms with Crippen LogP contribution in [0.5, 0.6) is 5.75 Å². The van der Waals surface area contributed by atoms with E-state index >= 15 is 0 Å². The molecule has 3 rings (SSSR count). The highest BCUT2D eigenvalue weighted by Gasteiger charge is 2.15. The molecule has 6 heteroatoms. The van der Waals surface area contributed by atoms with Crippen molar-refractivity contribution < 1.29 is 9.53 Å². The average Bonchev–Trinajstić information content (AvgIpc) is 2.95. The van der Waals surface area contributed by atoms with Gasteiger partial charge in [0.2, 0.25) is 5.91 Å². The van der Waals surface area contributed by atoms with Crippen molar-refractivity contribution in [2.45, 2.75) is 26.8 Å². The molecule has 0 bridgehead atoms. The maximum atomic E-state index is 12.4. The number of hydrogen-bond acceptors (Lipinski definition) is 3. The SMILES string of the molecule is COc1ccc(Cl)cc1CC(=O)NCc1c(C)nn(-c2ccccc2)c1C. The molecule has 1 aromatic heterocycles. The Morgan fingerprint density at radius 3 is 2.63 bits per heavy atom. The smallest absolute Gasteiger partial charge is 0.224 e. The summed E-state index contributed by atoms with van der Waals surface area (Å²) in [6.45, 7) is 4.38. The summed E-state index contributed by atoms with van der Waals surface area (Å²) in [7, 11) is 1.58. The lowest BCUT2D eigenvalue weighted by Crippen LogP contribution is -2.25. The molecule has 1 N–H and O–H groups in total. The summed E-state index contributed by atoms with van der Waals surface area (Å²) in [6, 6.07) is 15.2. The summed E-state index contributed by atoms with van der Waals surface area (Å²) in [4.78, 5) is 12.4. The van der Waals surface area contributed by atoms with Crippen LogP contribution in [-0.2, 0) is 17.8 Å². The van der Waals surface area contributed by atoms with Gasteiger partial charge in [0, 0.05) is 28.4 Å². The van der Waals surface area contributed by atoms with Gasteiger partial charge in [0.05, 0.1) is 24.9 Å². The zero-order valence-electron chi connectivity index (χ0n) is 15.6. The average molecular weight is 384 g/mol. The van der Waals surface area contributed by atoms with Crippen LogP contribution in [0.25, 0.3) is 5.69 Å². The zero-order chi connectivity index (χ0) is 19.4. The quantitative estimate of drug-likeness (QED) is 0.699. The van der Waals surface area contributed by atoms with Crippen molar-refractivity contribution in [2.24, 2.45) is 0 Å². The van der Waals surface area contributed by atoms with Gasteiger partial charge in [-0.15, -0.1) is 0 Å². The van der Waals surface area contributed by atoms with Crippen LogP contribution in [0.15, 0.2) is 48.5 Å². The second kappa shape index (κ2) is 8.27. The van der Waals surface area contributed by atoms with Crippen molar-refractivity contribution in [2.75, 3.05) is 7.11 Å². The van der Waals surface area contributed by atoms with Crippen LogP contribution in [0.4, 0.5) is 0 Å². The molecule has 0 aliphatic carbocycles. The number of nitrogens with one attached hydrogen (secondary N) is 1. The van der Waals surface area contributed by atoms with Crippen LogP contribution in [0.1, 0.15) is 22.5 Å². The number of carbonyl (C=O) groups is 1. The molecule has 2 aromatic carbocycles. The third-order valence-electron chi connectivity index (χ3n) is 4.50. The van der Waals surface area contributed by atoms with Gasteiger partial charge in [-0.3, -0.25) is 4.79 Å². The van der Waals surface area contributed by atoms with Crippen LogP contribution in [0.3, 0.4) is 0 Å². The maximum absolute atomic E-state index is 12.4. The maximum Gasteiger partial charge on any atom is 0.224 e. The molecule has 5 nitrogen and oxygen atoms in total. The molecule has 0 fully saturated rings. The number of halogens is 1. The number of amides is 1. The number of carbonyl (C=O) groups excluding carboxylic acids is 1. The minimum Gasteiger partial charge on any atom is -0.496 e. The highest BCUT2D eigenvalue weighted by atomic mass is 35.5. The summed E-state index contributed by atoms with van der Waals surface area (Å²) in [5.41, 5.74) is 4.69. The lowest BCUT2D eigenvalue weighted by atomic mass is 10.1. The Balaban J connectivity index is 1.71. The number of aromatic nitrogens is 2. The standard InChI is InChI=1S/C21H22ClN3O2/c1-14-19(15(2)25(24-14)18-7-5-4-6-8-18)13-23-21(26)12-16-11-17(22)9-10-20(16)27-3/h4-11H,12-13H2,1-3H3,(H,23,26). The van der Waals surface area contributed by atoms with Crippen molar-refractivity contribution >= 4 is 17.5 Å². The van der Waals surface area contributed by atoms with Gasteiger partial charge in [-0.1, -0.05) is 29.8 Å². The van der Waals surface area contributed by atoms with Crippen molar-refractivity contribution in [3.8, 4) is 11.4 Å². The molecular formula is C21H22ClN3O2. The Morgan fingerprint density at radius 1 is 1.19 bits per heavy atom. The first-order valence-electron chi connectivity index (χ1n) is 8.69. The summed E-state index contributed by atoms with van der Waals surface area (Å²) >= 11 is 6.03. The number of benzene rings is 2. The van der Waals surface area contributed by atoms with Crippen molar-refractivity contribution in [1.29, 1.82) is 0 Å². The first-order valence-corrected chi connectivity index (χ1v) is 9.07. The van der Waals surface area contributed by atoms with E-state index in [1.165, 1.54) is 0 Å². The minimum atomic E-state index is -0.0955. The predicted molar refractivity (Wildman–Crippen MR) is 107 cm³/mol. The van der Waals surface area contributed by atoms with E-state index in [2.05, 4.69) is 10.4 Å². The zero-order valence-corrected chi connectivity index (χ0v) is 16.4. The molecule has 1 heterocycles. The predicted octanol–water partition coefficient (Wildman–Crippen LogP) is 4.01. The van der Waals surface area contributed by atoms with E-state index in [1.54, 1.807) is 25.3 Å². The van der Waals surface area contributed by atoms with Gasteiger partial charge in [0.15, 0.2) is 0 Å². The molecule has 0 radical (unpaired) electrons. The van der Waals surface area contributed by atoms with Crippen LogP contribution < -0.4 is 10.1 Å². The van der Waals surface area contributed by atoms with Crippen molar-refractivity contribution in [3.05, 3.63) is 76.1 Å². The number of rotatable bonds is 6. The highest BCUT2D eigenvalue weighted by molar-refractivity contribution is 6.30. The van der Waals surface area contributed by atoms with Gasteiger partial charge in [-0.2, -0.15) is 5.10 Å². The third kappa shape index (κ3) is 4.31. The second-order valence-corrected chi connectivity index (χ2v) is 6.74. The van der Waals surface area contributed by atoms with Gasteiger partial charge in [-0.25, -0.2) is 4.68 Å². The van der Waals surface area contributed by atoms with Gasteiger partial charge < -0.3 is 10.1 Å². The Labute approximate surface area is 163 Å². The summed E-state index contributed by atoms with van der Waals surface area (Å²) in [6.07, 6.45) is 0.203. The van der Waals surface area contributed by atoms with E-state index in [0.717, 1.165) is 28.2 Å². The topological polar surface area (TPSA) is 56.1 Å². The molecular weight excluding hydrogens is 362 g/mol. The van der Waals surface area contributed by atoms with E-state index in [9.17, 15) is 4.79 Å². The van der Waals surface area contributed by atoms with Gasteiger partial charge in [0.25, 0.3) is 0 Å². The number of para-hydroxylation sites is 1. The van der Waals surface area contributed by atoms with Crippen LogP contribution in [0, 0.1) is 13.8 Å². The monoisotopic (exact) mass is 383 g/mol. The van der Waals surface area contributed by atoms with Crippen LogP contribution >= 0.6 is 11.6 Å². The molecule has 0 saturated heterocycles. The van der Waals surface area contributed by atoms with E-state index in [4.69, 9.17) is 16.3 Å².